The molecule has 0 saturated heterocycles. The average Bonchev–Trinajstić information content (AvgIpc) is 3.32. The minimum Gasteiger partial charge on any atom is -0.459 e. The van der Waals surface area contributed by atoms with Gasteiger partial charge in [0, 0.05) is 12.2 Å². The number of anilines is 1. The fraction of sp³-hybridized carbons (Fsp3) is 0.185. The van der Waals surface area contributed by atoms with E-state index in [0.717, 1.165) is 35.5 Å². The third-order valence-electron chi connectivity index (χ3n) is 6.46. The van der Waals surface area contributed by atoms with Crippen LogP contribution in [-0.4, -0.2) is 33.9 Å². The van der Waals surface area contributed by atoms with Gasteiger partial charge in [-0.05, 0) is 66.9 Å². The van der Waals surface area contributed by atoms with Crippen LogP contribution < -0.4 is 4.90 Å². The van der Waals surface area contributed by atoms with Crippen molar-refractivity contribution in [2.45, 2.75) is 24.9 Å². The summed E-state index contributed by atoms with van der Waals surface area (Å²) in [5.41, 5.74) is 3.31. The molecule has 1 aliphatic carbocycles. The van der Waals surface area contributed by atoms with Gasteiger partial charge in [0.25, 0.3) is 5.91 Å². The Kier molecular flexibility index (Phi) is 4.83. The van der Waals surface area contributed by atoms with E-state index < -0.39 is 6.04 Å². The molecule has 34 heavy (non-hydrogen) atoms. The first-order chi connectivity index (χ1) is 16.6. The van der Waals surface area contributed by atoms with Crippen LogP contribution in [0.2, 0.25) is 0 Å². The van der Waals surface area contributed by atoms with Crippen LogP contribution in [0.5, 0.6) is 0 Å². The van der Waals surface area contributed by atoms with Crippen LogP contribution in [-0.2, 0) is 4.79 Å². The molecule has 6 rings (SSSR count). The molecular formula is C27H22FN3O3. The van der Waals surface area contributed by atoms with Gasteiger partial charge in [0.05, 0.1) is 23.3 Å². The number of hydrogen-bond donors (Lipinski definition) is 0. The van der Waals surface area contributed by atoms with Crippen molar-refractivity contribution in [2.24, 2.45) is 0 Å². The fourth-order valence-corrected chi connectivity index (χ4v) is 4.74. The van der Waals surface area contributed by atoms with Gasteiger partial charge in [0.2, 0.25) is 5.91 Å². The number of aromatic nitrogens is 1. The van der Waals surface area contributed by atoms with Crippen molar-refractivity contribution in [1.29, 1.82) is 0 Å². The first-order valence-electron chi connectivity index (χ1n) is 11.3. The number of para-hydroxylation sites is 2. The number of nitrogens with zero attached hydrogens (tertiary/aromatic N) is 3. The van der Waals surface area contributed by atoms with Crippen LogP contribution in [0.4, 0.5) is 10.1 Å². The normalized spacial score (nSPS) is 16.6. The van der Waals surface area contributed by atoms with Gasteiger partial charge in [-0.3, -0.25) is 14.5 Å². The average molecular weight is 455 g/mol. The highest BCUT2D eigenvalue weighted by Crippen LogP contribution is 2.42. The van der Waals surface area contributed by atoms with Crippen molar-refractivity contribution >= 4 is 17.5 Å². The maximum Gasteiger partial charge on any atom is 0.290 e. The molecular weight excluding hydrogens is 433 g/mol. The van der Waals surface area contributed by atoms with E-state index in [9.17, 15) is 14.0 Å². The number of carbonyl (C=O) groups is 2. The molecule has 2 aliphatic rings. The molecule has 1 unspecified atom stereocenters. The molecule has 0 bridgehead atoms. The standard InChI is InChI=1S/C27H22FN3O3/c28-19-11-9-18(10-12-19)26-23-7-3-15-29(23)21-5-1-2-6-22(21)31(26)25(32)17-30(20-13-14-20)27(33)24-8-4-16-34-24/h1-12,15-16,20,26H,13-14,17H2. The minimum atomic E-state index is -0.460. The topological polar surface area (TPSA) is 58.7 Å². The number of furan rings is 1. The largest absolute Gasteiger partial charge is 0.459 e. The Morgan fingerprint density at radius 2 is 1.71 bits per heavy atom. The van der Waals surface area contributed by atoms with Gasteiger partial charge in [0.15, 0.2) is 5.76 Å². The molecule has 1 fully saturated rings. The van der Waals surface area contributed by atoms with E-state index in [-0.39, 0.29) is 36.0 Å². The highest BCUT2D eigenvalue weighted by Gasteiger charge is 2.40. The van der Waals surface area contributed by atoms with E-state index in [1.165, 1.54) is 18.4 Å². The third kappa shape index (κ3) is 3.41. The Balaban J connectivity index is 1.42. The number of hydrogen-bond acceptors (Lipinski definition) is 3. The molecule has 1 aliphatic heterocycles. The summed E-state index contributed by atoms with van der Waals surface area (Å²) in [7, 11) is 0. The Morgan fingerprint density at radius 3 is 2.41 bits per heavy atom. The summed E-state index contributed by atoms with van der Waals surface area (Å²) in [6, 6.07) is 20.7. The second-order valence-corrected chi connectivity index (χ2v) is 8.65. The van der Waals surface area contributed by atoms with Crippen molar-refractivity contribution in [3.05, 3.63) is 108 Å². The van der Waals surface area contributed by atoms with Gasteiger partial charge in [-0.15, -0.1) is 0 Å². The van der Waals surface area contributed by atoms with Crippen molar-refractivity contribution in [1.82, 2.24) is 9.47 Å². The molecule has 0 N–H and O–H groups in total. The summed E-state index contributed by atoms with van der Waals surface area (Å²) in [6.07, 6.45) is 5.14. The number of halogens is 1. The Bertz CT molecular complexity index is 1360. The number of carbonyl (C=O) groups excluding carboxylic acids is 2. The maximum atomic E-state index is 14.0. The van der Waals surface area contributed by atoms with E-state index in [0.29, 0.717) is 0 Å². The first-order valence-corrected chi connectivity index (χ1v) is 11.3. The van der Waals surface area contributed by atoms with Crippen LogP contribution >= 0.6 is 0 Å². The summed E-state index contributed by atoms with van der Waals surface area (Å²) in [5.74, 6) is -0.603. The van der Waals surface area contributed by atoms with Crippen LogP contribution in [0, 0.1) is 5.82 Å². The molecule has 0 radical (unpaired) electrons. The van der Waals surface area contributed by atoms with Crippen molar-refractivity contribution in [2.75, 3.05) is 11.4 Å². The molecule has 3 heterocycles. The molecule has 7 heteroatoms. The second-order valence-electron chi connectivity index (χ2n) is 8.65. The number of amides is 2. The smallest absolute Gasteiger partial charge is 0.290 e. The van der Waals surface area contributed by atoms with E-state index in [1.807, 2.05) is 42.6 Å². The number of rotatable bonds is 5. The molecule has 6 nitrogen and oxygen atoms in total. The van der Waals surface area contributed by atoms with Gasteiger partial charge in [-0.1, -0.05) is 24.3 Å². The Hall–Kier alpha value is -4.13. The van der Waals surface area contributed by atoms with Crippen LogP contribution in [0.3, 0.4) is 0 Å². The highest BCUT2D eigenvalue weighted by atomic mass is 19.1. The SMILES string of the molecule is O=C(c1ccco1)N(CC(=O)N1c2ccccc2-n2cccc2C1c1ccc(F)cc1)C1CC1. The predicted octanol–water partition coefficient (Wildman–Crippen LogP) is 4.95. The molecule has 0 spiro atoms. The molecule has 2 aromatic carbocycles. The zero-order valence-corrected chi connectivity index (χ0v) is 18.3. The van der Waals surface area contributed by atoms with Crippen LogP contribution in [0.1, 0.15) is 40.7 Å². The van der Waals surface area contributed by atoms with Crippen LogP contribution in [0.15, 0.2) is 89.7 Å². The molecule has 2 amide bonds. The van der Waals surface area contributed by atoms with E-state index >= 15 is 0 Å². The number of benzene rings is 2. The molecule has 170 valence electrons. The third-order valence-corrected chi connectivity index (χ3v) is 6.46. The molecule has 2 aromatic heterocycles. The highest BCUT2D eigenvalue weighted by molar-refractivity contribution is 6.02. The summed E-state index contributed by atoms with van der Waals surface area (Å²) in [4.78, 5) is 30.4. The minimum absolute atomic E-state index is 0.0229. The fourth-order valence-electron chi connectivity index (χ4n) is 4.74. The zero-order valence-electron chi connectivity index (χ0n) is 18.3. The monoisotopic (exact) mass is 455 g/mol. The zero-order chi connectivity index (χ0) is 23.2. The number of fused-ring (bicyclic) bond motifs is 3. The van der Waals surface area contributed by atoms with Gasteiger partial charge >= 0.3 is 0 Å². The van der Waals surface area contributed by atoms with Crippen LogP contribution in [0.25, 0.3) is 5.69 Å². The summed E-state index contributed by atoms with van der Waals surface area (Å²) < 4.78 is 21.1. The van der Waals surface area contributed by atoms with Gasteiger partial charge in [-0.25, -0.2) is 4.39 Å². The lowest BCUT2D eigenvalue weighted by molar-refractivity contribution is -0.119. The summed E-state index contributed by atoms with van der Waals surface area (Å²) >= 11 is 0. The quantitative estimate of drug-likeness (QED) is 0.428. The second kappa shape index (κ2) is 8.02. The van der Waals surface area contributed by atoms with Crippen molar-refractivity contribution in [3.63, 3.8) is 0 Å². The van der Waals surface area contributed by atoms with Crippen molar-refractivity contribution in [3.8, 4) is 5.69 Å². The molecule has 1 saturated carbocycles. The summed E-state index contributed by atoms with van der Waals surface area (Å²) in [6.45, 7) is -0.0725. The maximum absolute atomic E-state index is 14.0. The lowest BCUT2D eigenvalue weighted by Gasteiger charge is -2.39. The van der Waals surface area contributed by atoms with E-state index in [1.54, 1.807) is 34.1 Å². The van der Waals surface area contributed by atoms with Crippen molar-refractivity contribution < 1.29 is 18.4 Å². The predicted molar refractivity (Wildman–Crippen MR) is 124 cm³/mol. The lowest BCUT2D eigenvalue weighted by Crippen LogP contribution is -2.47. The first kappa shape index (κ1) is 20.5. The molecule has 1 atom stereocenters. The Labute approximate surface area is 195 Å². The molecule has 4 aromatic rings. The van der Waals surface area contributed by atoms with Gasteiger partial charge in [0.1, 0.15) is 18.4 Å². The Morgan fingerprint density at radius 1 is 0.941 bits per heavy atom. The van der Waals surface area contributed by atoms with E-state index in [2.05, 4.69) is 4.57 Å². The van der Waals surface area contributed by atoms with Gasteiger partial charge < -0.3 is 13.9 Å². The lowest BCUT2D eigenvalue weighted by atomic mass is 9.97. The van der Waals surface area contributed by atoms with Gasteiger partial charge in [-0.2, -0.15) is 0 Å². The summed E-state index contributed by atoms with van der Waals surface area (Å²) in [5, 5.41) is 0. The van der Waals surface area contributed by atoms with E-state index in [4.69, 9.17) is 4.42 Å².